The summed E-state index contributed by atoms with van der Waals surface area (Å²) in [4.78, 5) is 27.9. The van der Waals surface area contributed by atoms with E-state index in [2.05, 4.69) is 15.4 Å². The second-order valence-corrected chi connectivity index (χ2v) is 6.71. The van der Waals surface area contributed by atoms with Gasteiger partial charge in [-0.3, -0.25) is 4.79 Å². The number of nitrogens with zero attached hydrogens (tertiary/aromatic N) is 2. The molecule has 1 aromatic carbocycles. The largest absolute Gasteiger partial charge is 0.437 e. The van der Waals surface area contributed by atoms with Crippen LogP contribution in [0.15, 0.2) is 57.2 Å². The van der Waals surface area contributed by atoms with Crippen LogP contribution in [0.4, 0.5) is 0 Å². The Balaban J connectivity index is 1.35. The van der Waals surface area contributed by atoms with E-state index in [0.29, 0.717) is 12.4 Å². The summed E-state index contributed by atoms with van der Waals surface area (Å²) in [5.41, 5.74) is 1.95. The molecule has 7 nitrogen and oxygen atoms in total. The number of fused-ring (bicyclic) bond motifs is 1. The zero-order valence-corrected chi connectivity index (χ0v) is 14.6. The first-order valence-electron chi connectivity index (χ1n) is 8.14. The van der Waals surface area contributed by atoms with E-state index in [1.165, 1.54) is 16.0 Å². The molecule has 0 saturated carbocycles. The number of rotatable bonds is 6. The summed E-state index contributed by atoms with van der Waals surface area (Å²) < 4.78 is 6.36. The van der Waals surface area contributed by atoms with Gasteiger partial charge in [0.1, 0.15) is 0 Å². The van der Waals surface area contributed by atoms with Crippen LogP contribution in [0.25, 0.3) is 21.7 Å². The Morgan fingerprint density at radius 1 is 1.27 bits per heavy atom. The second-order valence-electron chi connectivity index (χ2n) is 5.76. The summed E-state index contributed by atoms with van der Waals surface area (Å²) in [7, 11) is 0. The Hall–Kier alpha value is -3.13. The van der Waals surface area contributed by atoms with Gasteiger partial charge in [0.25, 0.3) is 5.89 Å². The maximum absolute atomic E-state index is 12.2. The first-order valence-corrected chi connectivity index (χ1v) is 9.02. The van der Waals surface area contributed by atoms with Crippen molar-refractivity contribution in [2.75, 3.05) is 6.54 Å². The minimum Gasteiger partial charge on any atom is -0.387 e. The Kier molecular flexibility index (Phi) is 4.40. The van der Waals surface area contributed by atoms with Crippen LogP contribution in [-0.2, 0) is 17.8 Å². The van der Waals surface area contributed by atoms with Crippen molar-refractivity contribution in [1.29, 1.82) is 0 Å². The number of carbonyl (C=O) groups excluding carboxylic acids is 1. The summed E-state index contributed by atoms with van der Waals surface area (Å²) in [6.45, 7) is 0.560. The molecule has 0 aliphatic rings. The topological polar surface area (TPSA) is 92.9 Å². The molecule has 0 aliphatic carbocycles. The lowest BCUT2D eigenvalue weighted by atomic mass is 10.1. The molecule has 4 rings (SSSR count). The lowest BCUT2D eigenvalue weighted by molar-refractivity contribution is -0.120. The summed E-state index contributed by atoms with van der Waals surface area (Å²) in [6.07, 6.45) is 2.12. The zero-order chi connectivity index (χ0) is 17.9. The third-order valence-corrected chi connectivity index (χ3v) is 4.87. The monoisotopic (exact) mass is 368 g/mol. The molecule has 8 heteroatoms. The molecule has 3 heterocycles. The molecule has 0 radical (unpaired) electrons. The number of amides is 1. The number of hydrogen-bond donors (Lipinski definition) is 2. The van der Waals surface area contributed by atoms with Crippen LogP contribution in [0.5, 0.6) is 0 Å². The number of carbonyl (C=O) groups is 1. The number of aromatic nitrogens is 3. The molecule has 0 aliphatic heterocycles. The van der Waals surface area contributed by atoms with Crippen molar-refractivity contribution in [2.45, 2.75) is 13.0 Å². The number of H-pyrrole nitrogens is 1. The van der Waals surface area contributed by atoms with Crippen molar-refractivity contribution in [3.63, 3.8) is 0 Å². The van der Waals surface area contributed by atoms with Gasteiger partial charge in [-0.1, -0.05) is 24.3 Å². The Morgan fingerprint density at radius 3 is 3.00 bits per heavy atom. The molecule has 1 amide bonds. The molecule has 0 bridgehead atoms. The molecule has 26 heavy (non-hydrogen) atoms. The molecule has 132 valence electrons. The number of hydrogen-bond acceptors (Lipinski definition) is 5. The highest BCUT2D eigenvalue weighted by Crippen LogP contribution is 2.21. The smallest absolute Gasteiger partial charge is 0.387 e. The summed E-state index contributed by atoms with van der Waals surface area (Å²) in [6, 6.07) is 11.5. The van der Waals surface area contributed by atoms with Gasteiger partial charge in [0.15, 0.2) is 0 Å². The van der Waals surface area contributed by atoms with E-state index in [9.17, 15) is 9.59 Å². The molecule has 4 aromatic rings. The van der Waals surface area contributed by atoms with E-state index >= 15 is 0 Å². The van der Waals surface area contributed by atoms with Crippen molar-refractivity contribution in [3.05, 3.63) is 64.1 Å². The lowest BCUT2D eigenvalue weighted by Gasteiger charge is -2.04. The van der Waals surface area contributed by atoms with Crippen LogP contribution in [0, 0.1) is 0 Å². The quantitative estimate of drug-likeness (QED) is 0.547. The first kappa shape index (κ1) is 16.3. The minimum atomic E-state index is -0.528. The predicted molar refractivity (Wildman–Crippen MR) is 99.1 cm³/mol. The SMILES string of the molecule is O=C(Cc1c[nH]c2ccccc12)NCCn1nc(-c2cccs2)oc1=O. The van der Waals surface area contributed by atoms with Gasteiger partial charge >= 0.3 is 5.76 Å². The van der Waals surface area contributed by atoms with E-state index in [1.54, 1.807) is 0 Å². The van der Waals surface area contributed by atoms with Crippen molar-refractivity contribution < 1.29 is 9.21 Å². The van der Waals surface area contributed by atoms with Crippen LogP contribution in [0.3, 0.4) is 0 Å². The summed E-state index contributed by atoms with van der Waals surface area (Å²) in [5.74, 6) is -0.334. The zero-order valence-electron chi connectivity index (χ0n) is 13.8. The van der Waals surface area contributed by atoms with E-state index in [-0.39, 0.29) is 18.9 Å². The second kappa shape index (κ2) is 7.01. The van der Waals surface area contributed by atoms with Crippen LogP contribution in [0.1, 0.15) is 5.56 Å². The van der Waals surface area contributed by atoms with Gasteiger partial charge in [0, 0.05) is 23.6 Å². The molecule has 2 N–H and O–H groups in total. The highest BCUT2D eigenvalue weighted by molar-refractivity contribution is 7.13. The van der Waals surface area contributed by atoms with Crippen LogP contribution in [0.2, 0.25) is 0 Å². The van der Waals surface area contributed by atoms with Crippen molar-refractivity contribution in [2.24, 2.45) is 0 Å². The fraction of sp³-hybridized carbons (Fsp3) is 0.167. The average molecular weight is 368 g/mol. The van der Waals surface area contributed by atoms with Crippen LogP contribution in [-0.4, -0.2) is 27.2 Å². The molecule has 3 aromatic heterocycles. The average Bonchev–Trinajstić information content (AvgIpc) is 3.36. The van der Waals surface area contributed by atoms with Gasteiger partial charge in [0.2, 0.25) is 5.91 Å². The van der Waals surface area contributed by atoms with Gasteiger partial charge in [-0.05, 0) is 23.1 Å². The van der Waals surface area contributed by atoms with Gasteiger partial charge in [0.05, 0.1) is 17.8 Å². The third-order valence-electron chi connectivity index (χ3n) is 4.01. The molecular formula is C18H16N4O3S. The number of benzene rings is 1. The molecular weight excluding hydrogens is 352 g/mol. The van der Waals surface area contributed by atoms with Gasteiger partial charge in [-0.25, -0.2) is 4.79 Å². The van der Waals surface area contributed by atoms with Crippen LogP contribution < -0.4 is 11.1 Å². The maximum Gasteiger partial charge on any atom is 0.437 e. The predicted octanol–water partition coefficient (Wildman–Crippen LogP) is 2.41. The van der Waals surface area contributed by atoms with E-state index < -0.39 is 5.76 Å². The molecule has 0 saturated heterocycles. The molecule has 0 atom stereocenters. The van der Waals surface area contributed by atoms with E-state index in [4.69, 9.17) is 4.42 Å². The van der Waals surface area contributed by atoms with Crippen LogP contribution >= 0.6 is 11.3 Å². The van der Waals surface area contributed by atoms with Crippen molar-refractivity contribution in [3.8, 4) is 10.8 Å². The minimum absolute atomic E-state index is 0.107. The molecule has 0 spiro atoms. The van der Waals surface area contributed by atoms with E-state index in [0.717, 1.165) is 21.3 Å². The van der Waals surface area contributed by atoms with Gasteiger partial charge < -0.3 is 14.7 Å². The number of para-hydroxylation sites is 1. The lowest BCUT2D eigenvalue weighted by Crippen LogP contribution is -2.31. The molecule has 0 fully saturated rings. The molecule has 0 unspecified atom stereocenters. The normalized spacial score (nSPS) is 11.1. The Labute approximate surface area is 152 Å². The Morgan fingerprint density at radius 2 is 2.15 bits per heavy atom. The number of thiophene rings is 1. The summed E-state index contributed by atoms with van der Waals surface area (Å²) in [5, 5.41) is 9.90. The third kappa shape index (κ3) is 3.31. The highest BCUT2D eigenvalue weighted by Gasteiger charge is 2.12. The van der Waals surface area contributed by atoms with E-state index in [1.807, 2.05) is 48.0 Å². The maximum atomic E-state index is 12.2. The number of nitrogens with one attached hydrogen (secondary N) is 2. The van der Waals surface area contributed by atoms with Gasteiger partial charge in [-0.2, -0.15) is 4.68 Å². The number of aromatic amines is 1. The fourth-order valence-corrected chi connectivity index (χ4v) is 3.41. The van der Waals surface area contributed by atoms with Gasteiger partial charge in [-0.15, -0.1) is 16.4 Å². The van der Waals surface area contributed by atoms with Crippen molar-refractivity contribution in [1.82, 2.24) is 20.1 Å². The standard InChI is InChI=1S/C18H16N4O3S/c23-16(10-12-11-20-14-5-2-1-4-13(12)14)19-7-8-22-18(24)25-17(21-22)15-6-3-9-26-15/h1-6,9,11,20H,7-8,10H2,(H,19,23). The fourth-order valence-electron chi connectivity index (χ4n) is 2.76. The van der Waals surface area contributed by atoms with Crippen molar-refractivity contribution >= 4 is 28.1 Å². The summed E-state index contributed by atoms with van der Waals surface area (Å²) >= 11 is 1.45. The Bertz CT molecular complexity index is 1090. The first-order chi connectivity index (χ1) is 12.7. The highest BCUT2D eigenvalue weighted by atomic mass is 32.1.